The van der Waals surface area contributed by atoms with E-state index in [1.165, 1.54) is 12.8 Å². The molecule has 1 aromatic rings. The Morgan fingerprint density at radius 1 is 1.50 bits per heavy atom. The van der Waals surface area contributed by atoms with Crippen LogP contribution < -0.4 is 4.90 Å². The second kappa shape index (κ2) is 5.51. The lowest BCUT2D eigenvalue weighted by molar-refractivity contribution is 0.131. The van der Waals surface area contributed by atoms with E-state index < -0.39 is 0 Å². The molecule has 2 rings (SSSR count). The molecule has 3 nitrogen and oxygen atoms in total. The molecule has 1 aromatic heterocycles. The Morgan fingerprint density at radius 3 is 2.94 bits per heavy atom. The number of hydrogen-bond donors (Lipinski definition) is 0. The van der Waals surface area contributed by atoms with Crippen LogP contribution in [0.5, 0.6) is 0 Å². The van der Waals surface area contributed by atoms with Crippen LogP contribution in [0.1, 0.15) is 12.8 Å². The molecule has 0 bridgehead atoms. The number of rotatable bonds is 6. The number of anilines is 1. The minimum atomic E-state index is 0.669. The molecule has 1 fully saturated rings. The van der Waals surface area contributed by atoms with Gasteiger partial charge in [-0.1, -0.05) is 11.6 Å². The van der Waals surface area contributed by atoms with E-state index in [0.717, 1.165) is 31.5 Å². The van der Waals surface area contributed by atoms with Crippen LogP contribution in [0.3, 0.4) is 0 Å². The lowest BCUT2D eigenvalue weighted by atomic mass is 10.4. The fourth-order valence-electron chi connectivity index (χ4n) is 1.44. The fraction of sp³-hybridized carbons (Fsp3) is 0.583. The van der Waals surface area contributed by atoms with Crippen molar-refractivity contribution in [3.05, 3.63) is 23.4 Å². The standard InChI is InChI=1S/C12H17ClN2O/c1-15(6-7-16-9-10-2-3-10)12-5-4-11(13)8-14-12/h4-5,8,10H,2-3,6-7,9H2,1H3. The Labute approximate surface area is 101 Å². The van der Waals surface area contributed by atoms with Crippen molar-refractivity contribution < 1.29 is 4.74 Å². The molecule has 1 aliphatic carbocycles. The molecule has 4 heteroatoms. The maximum absolute atomic E-state index is 5.78. The zero-order chi connectivity index (χ0) is 11.4. The van der Waals surface area contributed by atoms with Gasteiger partial charge < -0.3 is 9.64 Å². The monoisotopic (exact) mass is 240 g/mol. The van der Waals surface area contributed by atoms with Crippen LogP contribution in [0.25, 0.3) is 0 Å². The summed E-state index contributed by atoms with van der Waals surface area (Å²) in [6, 6.07) is 3.77. The van der Waals surface area contributed by atoms with Gasteiger partial charge in [0.15, 0.2) is 0 Å². The van der Waals surface area contributed by atoms with E-state index in [4.69, 9.17) is 16.3 Å². The normalized spacial score (nSPS) is 15.1. The predicted octanol–water partition coefficient (Wildman–Crippen LogP) is 2.60. The lowest BCUT2D eigenvalue weighted by Crippen LogP contribution is -2.23. The smallest absolute Gasteiger partial charge is 0.128 e. The molecule has 0 spiro atoms. The molecule has 0 atom stereocenters. The first-order chi connectivity index (χ1) is 7.75. The summed E-state index contributed by atoms with van der Waals surface area (Å²) in [5.74, 6) is 1.76. The van der Waals surface area contributed by atoms with Crippen LogP contribution in [-0.4, -0.2) is 31.8 Å². The van der Waals surface area contributed by atoms with E-state index in [9.17, 15) is 0 Å². The van der Waals surface area contributed by atoms with E-state index in [1.807, 2.05) is 19.2 Å². The van der Waals surface area contributed by atoms with E-state index in [-0.39, 0.29) is 0 Å². The van der Waals surface area contributed by atoms with Crippen molar-refractivity contribution in [3.8, 4) is 0 Å². The number of ether oxygens (including phenoxy) is 1. The summed E-state index contributed by atoms with van der Waals surface area (Å²) < 4.78 is 5.58. The topological polar surface area (TPSA) is 25.4 Å². The van der Waals surface area contributed by atoms with Gasteiger partial charge in [0, 0.05) is 26.4 Å². The number of pyridine rings is 1. The fourth-order valence-corrected chi connectivity index (χ4v) is 1.56. The molecule has 1 saturated carbocycles. The third kappa shape index (κ3) is 3.65. The highest BCUT2D eigenvalue weighted by Crippen LogP contribution is 2.28. The minimum Gasteiger partial charge on any atom is -0.379 e. The number of likely N-dealkylation sites (N-methyl/N-ethyl adjacent to an activating group) is 1. The first kappa shape index (κ1) is 11.7. The van der Waals surface area contributed by atoms with Gasteiger partial charge in [-0.25, -0.2) is 4.98 Å². The highest BCUT2D eigenvalue weighted by atomic mass is 35.5. The van der Waals surface area contributed by atoms with Crippen molar-refractivity contribution in [3.63, 3.8) is 0 Å². The van der Waals surface area contributed by atoms with E-state index in [1.54, 1.807) is 6.20 Å². The summed E-state index contributed by atoms with van der Waals surface area (Å²) in [5, 5.41) is 0.669. The Kier molecular flexibility index (Phi) is 4.02. The van der Waals surface area contributed by atoms with Crippen molar-refractivity contribution >= 4 is 17.4 Å². The SMILES string of the molecule is CN(CCOCC1CC1)c1ccc(Cl)cn1. The van der Waals surface area contributed by atoms with Gasteiger partial charge in [-0.3, -0.25) is 0 Å². The Morgan fingerprint density at radius 2 is 2.31 bits per heavy atom. The molecule has 0 aliphatic heterocycles. The van der Waals surface area contributed by atoms with Crippen LogP contribution in [0.2, 0.25) is 5.02 Å². The Hall–Kier alpha value is -0.800. The number of nitrogens with zero attached hydrogens (tertiary/aromatic N) is 2. The average molecular weight is 241 g/mol. The van der Waals surface area contributed by atoms with E-state index >= 15 is 0 Å². The first-order valence-corrected chi connectivity index (χ1v) is 6.04. The van der Waals surface area contributed by atoms with Crippen LogP contribution in [-0.2, 0) is 4.74 Å². The highest BCUT2D eigenvalue weighted by molar-refractivity contribution is 6.30. The number of aromatic nitrogens is 1. The van der Waals surface area contributed by atoms with Crippen molar-refractivity contribution in [1.82, 2.24) is 4.98 Å². The quantitative estimate of drug-likeness (QED) is 0.715. The molecule has 0 N–H and O–H groups in total. The van der Waals surface area contributed by atoms with E-state index in [2.05, 4.69) is 9.88 Å². The minimum absolute atomic E-state index is 0.669. The Balaban J connectivity index is 1.69. The molecule has 0 unspecified atom stereocenters. The second-order valence-electron chi connectivity index (χ2n) is 4.27. The molecule has 1 aliphatic rings. The molecule has 0 aromatic carbocycles. The third-order valence-electron chi connectivity index (χ3n) is 2.72. The first-order valence-electron chi connectivity index (χ1n) is 5.66. The van der Waals surface area contributed by atoms with Crippen LogP contribution in [0.4, 0.5) is 5.82 Å². The van der Waals surface area contributed by atoms with Gasteiger partial charge in [-0.15, -0.1) is 0 Å². The van der Waals surface area contributed by atoms with Crippen molar-refractivity contribution in [2.24, 2.45) is 5.92 Å². The van der Waals surface area contributed by atoms with Gasteiger partial charge in [-0.2, -0.15) is 0 Å². The van der Waals surface area contributed by atoms with Gasteiger partial charge in [0.25, 0.3) is 0 Å². The maximum atomic E-state index is 5.78. The van der Waals surface area contributed by atoms with E-state index in [0.29, 0.717) is 5.02 Å². The van der Waals surface area contributed by atoms with Gasteiger partial charge in [0.1, 0.15) is 5.82 Å². The molecule has 1 heterocycles. The summed E-state index contributed by atoms with van der Waals surface area (Å²) in [6.45, 7) is 2.54. The molecule has 16 heavy (non-hydrogen) atoms. The summed E-state index contributed by atoms with van der Waals surface area (Å²) in [5.41, 5.74) is 0. The Bertz CT molecular complexity index is 324. The molecule has 88 valence electrons. The predicted molar refractivity (Wildman–Crippen MR) is 66.1 cm³/mol. The van der Waals surface area contributed by atoms with Gasteiger partial charge in [0.05, 0.1) is 11.6 Å². The maximum Gasteiger partial charge on any atom is 0.128 e. The van der Waals surface area contributed by atoms with Gasteiger partial charge in [0.2, 0.25) is 0 Å². The molecular formula is C12H17ClN2O. The number of hydrogen-bond acceptors (Lipinski definition) is 3. The zero-order valence-electron chi connectivity index (χ0n) is 9.53. The molecule has 0 radical (unpaired) electrons. The molecule has 0 amide bonds. The van der Waals surface area contributed by atoms with Crippen LogP contribution in [0, 0.1) is 5.92 Å². The van der Waals surface area contributed by atoms with Crippen molar-refractivity contribution in [2.45, 2.75) is 12.8 Å². The van der Waals surface area contributed by atoms with Crippen LogP contribution in [0.15, 0.2) is 18.3 Å². The summed E-state index contributed by atoms with van der Waals surface area (Å²) in [7, 11) is 2.01. The molecular weight excluding hydrogens is 224 g/mol. The van der Waals surface area contributed by atoms with Gasteiger partial charge >= 0.3 is 0 Å². The van der Waals surface area contributed by atoms with Crippen LogP contribution >= 0.6 is 11.6 Å². The highest BCUT2D eigenvalue weighted by Gasteiger charge is 2.20. The summed E-state index contributed by atoms with van der Waals surface area (Å²) in [6.07, 6.45) is 4.35. The number of halogens is 1. The van der Waals surface area contributed by atoms with Gasteiger partial charge in [-0.05, 0) is 30.9 Å². The summed E-state index contributed by atoms with van der Waals surface area (Å²) in [4.78, 5) is 6.32. The zero-order valence-corrected chi connectivity index (χ0v) is 10.3. The second-order valence-corrected chi connectivity index (χ2v) is 4.71. The third-order valence-corrected chi connectivity index (χ3v) is 2.95. The van der Waals surface area contributed by atoms with Crippen molar-refractivity contribution in [1.29, 1.82) is 0 Å². The largest absolute Gasteiger partial charge is 0.379 e. The van der Waals surface area contributed by atoms with Crippen molar-refractivity contribution in [2.75, 3.05) is 31.7 Å². The summed E-state index contributed by atoms with van der Waals surface area (Å²) >= 11 is 5.78. The average Bonchev–Trinajstić information content (AvgIpc) is 3.09. The lowest BCUT2D eigenvalue weighted by Gasteiger charge is -2.17. The molecule has 0 saturated heterocycles.